The zero-order valence-corrected chi connectivity index (χ0v) is 20.0. The Kier molecular flexibility index (Phi) is 6.96. The number of piperidine rings is 1. The Morgan fingerprint density at radius 1 is 0.788 bits per heavy atom. The summed E-state index contributed by atoms with van der Waals surface area (Å²) < 4.78 is 0. The van der Waals surface area contributed by atoms with Crippen LogP contribution >= 0.6 is 0 Å². The summed E-state index contributed by atoms with van der Waals surface area (Å²) in [5.74, 6) is 0. The molecule has 1 N–H and O–H groups in total. The van der Waals surface area contributed by atoms with Gasteiger partial charge in [0.05, 0.1) is 11.2 Å². The molecule has 174 valence electrons. The van der Waals surface area contributed by atoms with E-state index < -0.39 is 0 Å². The molecular formula is C28H37N5. The molecule has 0 bridgehead atoms. The summed E-state index contributed by atoms with van der Waals surface area (Å²) in [4.78, 5) is 12.4. The number of nitrogens with zero attached hydrogens (tertiary/aromatic N) is 4. The maximum absolute atomic E-state index is 4.79. The van der Waals surface area contributed by atoms with E-state index in [0.717, 1.165) is 51.3 Å². The molecule has 3 aromatic rings. The fourth-order valence-electron chi connectivity index (χ4n) is 5.39. The van der Waals surface area contributed by atoms with Crippen LogP contribution in [0.5, 0.6) is 0 Å². The van der Waals surface area contributed by atoms with Crippen LogP contribution in [-0.2, 0) is 6.54 Å². The molecule has 33 heavy (non-hydrogen) atoms. The topological polar surface area (TPSA) is 34.6 Å². The van der Waals surface area contributed by atoms with Gasteiger partial charge in [0.15, 0.2) is 0 Å². The van der Waals surface area contributed by atoms with E-state index in [2.05, 4.69) is 75.5 Å². The maximum Gasteiger partial charge on any atom is 0.0956 e. The monoisotopic (exact) mass is 443 g/mol. The number of hydrogen-bond donors (Lipinski definition) is 1. The summed E-state index contributed by atoms with van der Waals surface area (Å²) in [5.41, 5.74) is 6.29. The molecule has 3 heterocycles. The number of nitrogens with one attached hydrogen (secondary N) is 1. The Morgan fingerprint density at radius 3 is 2.39 bits per heavy atom. The van der Waals surface area contributed by atoms with Gasteiger partial charge in [-0.25, -0.2) is 0 Å². The molecule has 1 aromatic heterocycles. The summed E-state index contributed by atoms with van der Waals surface area (Å²) in [5, 5.41) is 4.96. The van der Waals surface area contributed by atoms with Gasteiger partial charge >= 0.3 is 0 Å². The lowest BCUT2D eigenvalue weighted by atomic mass is 10.1. The molecule has 5 rings (SSSR count). The number of rotatable bonds is 7. The van der Waals surface area contributed by atoms with E-state index >= 15 is 0 Å². The van der Waals surface area contributed by atoms with Gasteiger partial charge in [0.1, 0.15) is 0 Å². The van der Waals surface area contributed by atoms with Crippen LogP contribution in [0.25, 0.3) is 10.9 Å². The molecule has 2 fully saturated rings. The van der Waals surface area contributed by atoms with Crippen molar-refractivity contribution in [3.63, 3.8) is 0 Å². The highest BCUT2D eigenvalue weighted by atomic mass is 15.3. The average molecular weight is 444 g/mol. The quantitative estimate of drug-likeness (QED) is 0.531. The summed E-state index contributed by atoms with van der Waals surface area (Å²) in [6.07, 6.45) is 7.05. The minimum absolute atomic E-state index is 0.818. The van der Waals surface area contributed by atoms with E-state index in [9.17, 15) is 0 Å². The van der Waals surface area contributed by atoms with Crippen LogP contribution in [0.15, 0.2) is 54.7 Å². The number of anilines is 3. The number of benzene rings is 2. The Labute approximate surface area is 198 Å². The van der Waals surface area contributed by atoms with Crippen molar-refractivity contribution >= 4 is 28.0 Å². The molecule has 2 saturated heterocycles. The van der Waals surface area contributed by atoms with Crippen molar-refractivity contribution in [1.82, 2.24) is 9.88 Å². The first-order chi connectivity index (χ1) is 16.3. The molecule has 0 atom stereocenters. The van der Waals surface area contributed by atoms with E-state index in [-0.39, 0.29) is 0 Å². The van der Waals surface area contributed by atoms with Crippen molar-refractivity contribution < 1.29 is 0 Å². The molecule has 5 nitrogen and oxygen atoms in total. The summed E-state index contributed by atoms with van der Waals surface area (Å²) in [6, 6.07) is 17.7. The first-order valence-electron chi connectivity index (χ1n) is 12.8. The van der Waals surface area contributed by atoms with E-state index in [1.165, 1.54) is 60.2 Å². The average Bonchev–Trinajstić information content (AvgIpc) is 2.89. The third kappa shape index (κ3) is 4.93. The Balaban J connectivity index is 1.34. The minimum Gasteiger partial charge on any atom is -0.380 e. The highest BCUT2D eigenvalue weighted by Gasteiger charge is 2.19. The van der Waals surface area contributed by atoms with E-state index in [4.69, 9.17) is 4.98 Å². The van der Waals surface area contributed by atoms with E-state index in [1.54, 1.807) is 0 Å². The van der Waals surface area contributed by atoms with Gasteiger partial charge in [-0.2, -0.15) is 0 Å². The Bertz CT molecular complexity index is 1050. The zero-order valence-electron chi connectivity index (χ0n) is 20.0. The maximum atomic E-state index is 4.79. The van der Waals surface area contributed by atoms with Gasteiger partial charge in [0.2, 0.25) is 0 Å². The lowest BCUT2D eigenvalue weighted by Crippen LogP contribution is -2.46. The second kappa shape index (κ2) is 10.4. The molecule has 2 aromatic carbocycles. The third-order valence-electron chi connectivity index (χ3n) is 7.16. The van der Waals surface area contributed by atoms with Crippen LogP contribution in [0.2, 0.25) is 0 Å². The largest absolute Gasteiger partial charge is 0.380 e. The van der Waals surface area contributed by atoms with Gasteiger partial charge < -0.3 is 15.1 Å². The number of piperazine rings is 1. The highest BCUT2D eigenvalue weighted by molar-refractivity contribution is 5.99. The van der Waals surface area contributed by atoms with Crippen LogP contribution in [0.1, 0.15) is 38.2 Å². The predicted molar refractivity (Wildman–Crippen MR) is 141 cm³/mol. The summed E-state index contributed by atoms with van der Waals surface area (Å²) in [6.45, 7) is 11.1. The van der Waals surface area contributed by atoms with Crippen molar-refractivity contribution in [3.8, 4) is 0 Å². The second-order valence-corrected chi connectivity index (χ2v) is 9.39. The lowest BCUT2D eigenvalue weighted by Gasteiger charge is -2.37. The van der Waals surface area contributed by atoms with Crippen molar-refractivity contribution in [2.75, 3.05) is 60.9 Å². The third-order valence-corrected chi connectivity index (χ3v) is 7.16. The zero-order chi connectivity index (χ0) is 22.5. The summed E-state index contributed by atoms with van der Waals surface area (Å²) in [7, 11) is 0. The number of fused-ring (bicyclic) bond motifs is 1. The molecule has 2 aliphatic heterocycles. The molecule has 0 amide bonds. The van der Waals surface area contributed by atoms with Crippen LogP contribution in [0, 0.1) is 0 Å². The predicted octanol–water partition coefficient (Wildman–Crippen LogP) is 5.37. The van der Waals surface area contributed by atoms with E-state index in [1.807, 2.05) is 6.20 Å². The van der Waals surface area contributed by atoms with Crippen molar-refractivity contribution in [3.05, 3.63) is 60.3 Å². The molecule has 0 radical (unpaired) electrons. The van der Waals surface area contributed by atoms with Gasteiger partial charge in [0, 0.05) is 68.8 Å². The normalized spacial score (nSPS) is 17.5. The van der Waals surface area contributed by atoms with Crippen LogP contribution in [0.4, 0.5) is 17.1 Å². The number of pyridine rings is 1. The molecule has 2 aliphatic rings. The lowest BCUT2D eigenvalue weighted by molar-refractivity contribution is 0.258. The highest BCUT2D eigenvalue weighted by Crippen LogP contribution is 2.33. The molecule has 5 heteroatoms. The van der Waals surface area contributed by atoms with Crippen LogP contribution in [-0.4, -0.2) is 55.7 Å². The number of para-hydroxylation sites is 1. The second-order valence-electron chi connectivity index (χ2n) is 9.39. The smallest absolute Gasteiger partial charge is 0.0956 e. The van der Waals surface area contributed by atoms with Gasteiger partial charge in [-0.05, 0) is 68.1 Å². The van der Waals surface area contributed by atoms with Crippen molar-refractivity contribution in [2.45, 2.75) is 39.2 Å². The minimum atomic E-state index is 0.818. The first-order valence-corrected chi connectivity index (χ1v) is 12.8. The van der Waals surface area contributed by atoms with E-state index in [0.29, 0.717) is 0 Å². The molecule has 0 spiro atoms. The van der Waals surface area contributed by atoms with Crippen molar-refractivity contribution in [2.24, 2.45) is 0 Å². The SMILES string of the molecule is CCCN1CCN(c2ccccc2CNc2ccc(N3CCCCC3)c3ncccc23)CC1. The fraction of sp³-hybridized carbons (Fsp3) is 0.464. The first kappa shape index (κ1) is 22.0. The fourth-order valence-corrected chi connectivity index (χ4v) is 5.39. The van der Waals surface area contributed by atoms with Crippen LogP contribution < -0.4 is 15.1 Å². The number of aromatic nitrogens is 1. The molecule has 0 saturated carbocycles. The Morgan fingerprint density at radius 2 is 1.58 bits per heavy atom. The van der Waals surface area contributed by atoms with Gasteiger partial charge in [-0.15, -0.1) is 0 Å². The molecule has 0 unspecified atom stereocenters. The van der Waals surface area contributed by atoms with Crippen LogP contribution in [0.3, 0.4) is 0 Å². The standard InChI is InChI=1S/C28H37N5/c1-2-15-31-18-20-33(21-19-31)26-11-5-4-9-23(26)22-30-25-12-13-27(32-16-6-3-7-17-32)28-24(25)10-8-14-29-28/h4-5,8-14,30H,2-3,6-7,15-22H2,1H3. The van der Waals surface area contributed by atoms with Gasteiger partial charge in [0.25, 0.3) is 0 Å². The van der Waals surface area contributed by atoms with Crippen molar-refractivity contribution in [1.29, 1.82) is 0 Å². The Hall–Kier alpha value is -2.79. The summed E-state index contributed by atoms with van der Waals surface area (Å²) >= 11 is 0. The molecule has 0 aliphatic carbocycles. The number of hydrogen-bond acceptors (Lipinski definition) is 5. The van der Waals surface area contributed by atoms with Gasteiger partial charge in [-0.3, -0.25) is 9.88 Å². The molecular weight excluding hydrogens is 406 g/mol. The van der Waals surface area contributed by atoms with Gasteiger partial charge in [-0.1, -0.05) is 25.1 Å².